The van der Waals surface area contributed by atoms with Crippen LogP contribution in [-0.2, 0) is 4.79 Å². The minimum Gasteiger partial charge on any atom is -0.301 e. The summed E-state index contributed by atoms with van der Waals surface area (Å²) in [5, 5.41) is 13.3. The van der Waals surface area contributed by atoms with Crippen LogP contribution in [-0.4, -0.2) is 15.8 Å². The number of nitrogens with zero attached hydrogens (tertiary/aromatic N) is 2. The van der Waals surface area contributed by atoms with Gasteiger partial charge in [-0.3, -0.25) is 14.9 Å². The fraction of sp³-hybridized carbons (Fsp3) is 0.556. The molecule has 1 fully saturated rings. The lowest BCUT2D eigenvalue weighted by Gasteiger charge is -2.10. The molecule has 0 radical (unpaired) electrons. The second-order valence-electron chi connectivity index (χ2n) is 3.85. The Balaban J connectivity index is 2.04. The Hall–Kier alpha value is -1.50. The third-order valence-electron chi connectivity index (χ3n) is 2.91. The normalized spacial score (nSPS) is 16.8. The van der Waals surface area contributed by atoms with Crippen molar-refractivity contribution in [3.05, 3.63) is 16.3 Å². The second kappa shape index (κ2) is 3.82. The van der Waals surface area contributed by atoms with Crippen molar-refractivity contribution in [1.82, 2.24) is 4.98 Å². The maximum absolute atomic E-state index is 11.8. The molecule has 1 heterocycles. The highest BCUT2D eigenvalue weighted by molar-refractivity contribution is 7.18. The summed E-state index contributed by atoms with van der Waals surface area (Å²) in [4.78, 5) is 25.5. The van der Waals surface area contributed by atoms with Crippen LogP contribution in [0.3, 0.4) is 0 Å². The van der Waals surface area contributed by atoms with Crippen LogP contribution in [0.25, 0.3) is 0 Å². The number of hydrogen-bond acceptors (Lipinski definition) is 5. The predicted octanol–water partition coefficient (Wildman–Crippen LogP) is 2.18. The zero-order valence-corrected chi connectivity index (χ0v) is 9.54. The van der Waals surface area contributed by atoms with Gasteiger partial charge in [-0.25, -0.2) is 4.98 Å². The molecule has 0 atom stereocenters. The number of thiazole rings is 1. The Morgan fingerprint density at radius 3 is 2.88 bits per heavy atom. The van der Waals surface area contributed by atoms with E-state index in [2.05, 4.69) is 10.3 Å². The number of rotatable bonds is 4. The number of anilines is 1. The van der Waals surface area contributed by atoms with E-state index in [1.807, 2.05) is 6.92 Å². The molecule has 2 rings (SSSR count). The number of carbonyl (C=O) groups is 1. The summed E-state index contributed by atoms with van der Waals surface area (Å²) in [6.07, 6.45) is 3.74. The Bertz CT molecular complexity index is 439. The van der Waals surface area contributed by atoms with Gasteiger partial charge in [-0.2, -0.15) is 0 Å². The summed E-state index contributed by atoms with van der Waals surface area (Å²) in [5.41, 5.74) is -0.250. The quantitative estimate of drug-likeness (QED) is 0.646. The minimum absolute atomic E-state index is 0.0587. The van der Waals surface area contributed by atoms with Gasteiger partial charge in [-0.15, -0.1) is 0 Å². The van der Waals surface area contributed by atoms with Gasteiger partial charge in [0.15, 0.2) is 5.13 Å². The van der Waals surface area contributed by atoms with E-state index >= 15 is 0 Å². The van der Waals surface area contributed by atoms with Crippen molar-refractivity contribution in [2.75, 3.05) is 5.32 Å². The van der Waals surface area contributed by atoms with Gasteiger partial charge >= 0.3 is 5.00 Å². The molecule has 0 aromatic carbocycles. The third kappa shape index (κ3) is 1.90. The van der Waals surface area contributed by atoms with Gasteiger partial charge in [0.25, 0.3) is 0 Å². The minimum atomic E-state index is -0.514. The predicted molar refractivity (Wildman–Crippen MR) is 59.4 cm³/mol. The molecule has 7 heteroatoms. The maximum atomic E-state index is 11.8. The number of nitro groups is 1. The number of hydrogen-bond donors (Lipinski definition) is 1. The summed E-state index contributed by atoms with van der Waals surface area (Å²) in [6, 6.07) is 0. The number of amides is 1. The molecule has 0 spiro atoms. The van der Waals surface area contributed by atoms with E-state index in [0.29, 0.717) is 5.13 Å². The van der Waals surface area contributed by atoms with Gasteiger partial charge < -0.3 is 5.32 Å². The fourth-order valence-electron chi connectivity index (χ4n) is 1.53. The molecule has 1 aliphatic carbocycles. The van der Waals surface area contributed by atoms with E-state index in [-0.39, 0.29) is 16.3 Å². The molecular formula is C9H11N3O3S. The number of nitrogens with one attached hydrogen (secondary N) is 1. The summed E-state index contributed by atoms with van der Waals surface area (Å²) in [5.74, 6) is -0.0701. The van der Waals surface area contributed by atoms with Gasteiger partial charge in [-0.1, -0.05) is 6.92 Å². The summed E-state index contributed by atoms with van der Waals surface area (Å²) in [6.45, 7) is 1.97. The van der Waals surface area contributed by atoms with Crippen molar-refractivity contribution in [3.63, 3.8) is 0 Å². The van der Waals surface area contributed by atoms with E-state index in [1.54, 1.807) is 0 Å². The van der Waals surface area contributed by atoms with Gasteiger partial charge in [0, 0.05) is 5.41 Å². The highest BCUT2D eigenvalue weighted by atomic mass is 32.1. The lowest BCUT2D eigenvalue weighted by atomic mass is 10.0. The smallest absolute Gasteiger partial charge is 0.301 e. The lowest BCUT2D eigenvalue weighted by Crippen LogP contribution is -2.23. The summed E-state index contributed by atoms with van der Waals surface area (Å²) in [7, 11) is 0. The summed E-state index contributed by atoms with van der Waals surface area (Å²) < 4.78 is 0. The molecule has 1 amide bonds. The first-order chi connectivity index (χ1) is 7.57. The standard InChI is InChI=1S/C9H11N3O3S/c1-2-9(3-4-9)7(13)11-8-10-5-6(16-8)12(14)15/h5H,2-4H2,1H3,(H,10,11,13). The molecule has 1 aromatic rings. The molecule has 0 unspecified atom stereocenters. The third-order valence-corrected chi connectivity index (χ3v) is 3.77. The molecule has 1 N–H and O–H groups in total. The Morgan fingerprint density at radius 2 is 2.44 bits per heavy atom. The van der Waals surface area contributed by atoms with E-state index in [1.165, 1.54) is 0 Å². The first-order valence-corrected chi connectivity index (χ1v) is 5.81. The fourth-order valence-corrected chi connectivity index (χ4v) is 2.16. The highest BCUT2D eigenvalue weighted by Gasteiger charge is 2.48. The number of carbonyl (C=O) groups excluding carboxylic acids is 1. The van der Waals surface area contributed by atoms with Crippen molar-refractivity contribution >= 4 is 27.4 Å². The first kappa shape index (κ1) is 11.0. The van der Waals surface area contributed by atoms with Crippen molar-refractivity contribution in [2.24, 2.45) is 5.41 Å². The van der Waals surface area contributed by atoms with E-state index in [0.717, 1.165) is 36.8 Å². The topological polar surface area (TPSA) is 85.1 Å². The highest BCUT2D eigenvalue weighted by Crippen LogP contribution is 2.49. The van der Waals surface area contributed by atoms with Gasteiger partial charge in [0.1, 0.15) is 6.20 Å². The van der Waals surface area contributed by atoms with Crippen molar-refractivity contribution in [1.29, 1.82) is 0 Å². The zero-order chi connectivity index (χ0) is 11.8. The van der Waals surface area contributed by atoms with Crippen LogP contribution in [0.4, 0.5) is 10.1 Å². The van der Waals surface area contributed by atoms with Crippen LogP contribution >= 0.6 is 11.3 Å². The summed E-state index contributed by atoms with van der Waals surface area (Å²) >= 11 is 0.882. The largest absolute Gasteiger partial charge is 0.345 e. The van der Waals surface area contributed by atoms with Crippen molar-refractivity contribution in [2.45, 2.75) is 26.2 Å². The van der Waals surface area contributed by atoms with Crippen LogP contribution in [0.5, 0.6) is 0 Å². The van der Waals surface area contributed by atoms with E-state index in [9.17, 15) is 14.9 Å². The van der Waals surface area contributed by atoms with Crippen LogP contribution in [0, 0.1) is 15.5 Å². The van der Waals surface area contributed by atoms with Crippen molar-refractivity contribution < 1.29 is 9.72 Å². The Labute approximate surface area is 95.8 Å². The second-order valence-corrected chi connectivity index (χ2v) is 4.86. The SMILES string of the molecule is CCC1(C(=O)Nc2ncc([N+](=O)[O-])s2)CC1. The van der Waals surface area contributed by atoms with Crippen molar-refractivity contribution in [3.8, 4) is 0 Å². The van der Waals surface area contributed by atoms with Gasteiger partial charge in [-0.05, 0) is 30.6 Å². The average molecular weight is 241 g/mol. The van der Waals surface area contributed by atoms with E-state index in [4.69, 9.17) is 0 Å². The molecule has 1 aliphatic rings. The molecule has 1 saturated carbocycles. The maximum Gasteiger partial charge on any atom is 0.345 e. The monoisotopic (exact) mass is 241 g/mol. The molecule has 16 heavy (non-hydrogen) atoms. The number of aromatic nitrogens is 1. The van der Waals surface area contributed by atoms with Gasteiger partial charge in [0.2, 0.25) is 5.91 Å². The zero-order valence-electron chi connectivity index (χ0n) is 8.73. The molecule has 0 aliphatic heterocycles. The average Bonchev–Trinajstić information content (AvgIpc) is 2.92. The molecule has 1 aromatic heterocycles. The lowest BCUT2D eigenvalue weighted by molar-refractivity contribution is -0.380. The Morgan fingerprint density at radius 1 is 1.75 bits per heavy atom. The Kier molecular flexibility index (Phi) is 2.63. The van der Waals surface area contributed by atoms with E-state index < -0.39 is 4.92 Å². The van der Waals surface area contributed by atoms with Crippen LogP contribution < -0.4 is 5.32 Å². The molecular weight excluding hydrogens is 230 g/mol. The molecule has 0 bridgehead atoms. The molecule has 6 nitrogen and oxygen atoms in total. The van der Waals surface area contributed by atoms with Crippen LogP contribution in [0.1, 0.15) is 26.2 Å². The first-order valence-electron chi connectivity index (χ1n) is 4.99. The molecule has 86 valence electrons. The molecule has 0 saturated heterocycles. The van der Waals surface area contributed by atoms with Gasteiger partial charge in [0.05, 0.1) is 4.92 Å². The van der Waals surface area contributed by atoms with Crippen LogP contribution in [0.15, 0.2) is 6.20 Å². The van der Waals surface area contributed by atoms with Crippen LogP contribution in [0.2, 0.25) is 0 Å².